The van der Waals surface area contributed by atoms with Crippen LogP contribution < -0.4 is 14.9 Å². The lowest BCUT2D eigenvalue weighted by Crippen LogP contribution is -2.36. The number of ether oxygens (including phenoxy) is 2. The first-order valence-corrected chi connectivity index (χ1v) is 11.2. The Kier molecular flexibility index (Phi) is 6.74. The average molecular weight is 477 g/mol. The van der Waals surface area contributed by atoms with E-state index in [-0.39, 0.29) is 53.0 Å². The molecule has 1 N–H and O–H groups in total. The van der Waals surface area contributed by atoms with Gasteiger partial charge in [-0.15, -0.1) is 0 Å². The van der Waals surface area contributed by atoms with E-state index in [0.29, 0.717) is 0 Å². The van der Waals surface area contributed by atoms with Gasteiger partial charge >= 0.3 is 6.18 Å². The predicted molar refractivity (Wildman–Crippen MR) is 121 cm³/mol. The smallest absolute Gasteiger partial charge is 0.453 e. The maximum absolute atomic E-state index is 14.0. The van der Waals surface area contributed by atoms with Gasteiger partial charge < -0.3 is 19.0 Å². The van der Waals surface area contributed by atoms with Crippen molar-refractivity contribution in [1.82, 2.24) is 4.90 Å². The highest BCUT2D eigenvalue weighted by Crippen LogP contribution is 2.41. The number of fused-ring (bicyclic) bond motifs is 1. The molecule has 182 valence electrons. The molecule has 6 nitrogen and oxygen atoms in total. The average Bonchev–Trinajstić information content (AvgIpc) is 2.79. The van der Waals surface area contributed by atoms with Crippen molar-refractivity contribution in [2.45, 2.75) is 51.9 Å². The van der Waals surface area contributed by atoms with Gasteiger partial charge in [0.1, 0.15) is 11.3 Å². The summed E-state index contributed by atoms with van der Waals surface area (Å²) in [5.41, 5.74) is -1.12. The molecule has 0 aliphatic carbocycles. The summed E-state index contributed by atoms with van der Waals surface area (Å²) < 4.78 is 58.3. The molecule has 1 aromatic heterocycles. The third-order valence-electron chi connectivity index (χ3n) is 6.02. The summed E-state index contributed by atoms with van der Waals surface area (Å²) in [5, 5.41) is 10.4. The molecule has 34 heavy (non-hydrogen) atoms. The first kappa shape index (κ1) is 23.9. The van der Waals surface area contributed by atoms with Crippen molar-refractivity contribution in [3.05, 3.63) is 57.9 Å². The fraction of sp³-hybridized carbons (Fsp3) is 0.400. The van der Waals surface area contributed by atoms with Gasteiger partial charge in [-0.1, -0.05) is 18.6 Å². The second-order valence-electron chi connectivity index (χ2n) is 8.32. The second-order valence-corrected chi connectivity index (χ2v) is 8.32. The predicted octanol–water partition coefficient (Wildman–Crippen LogP) is 6.08. The number of piperidine rings is 1. The first-order valence-electron chi connectivity index (χ1n) is 11.2. The number of aromatic hydroxyl groups is 1. The van der Waals surface area contributed by atoms with Crippen molar-refractivity contribution >= 4 is 11.0 Å². The van der Waals surface area contributed by atoms with Gasteiger partial charge in [0.25, 0.3) is 5.76 Å². The summed E-state index contributed by atoms with van der Waals surface area (Å²) in [6.45, 7) is 4.91. The summed E-state index contributed by atoms with van der Waals surface area (Å²) in [5.74, 6) is -2.60. The third-order valence-corrected chi connectivity index (χ3v) is 6.02. The van der Waals surface area contributed by atoms with Crippen LogP contribution in [0, 0.1) is 0 Å². The minimum atomic E-state index is -5.01. The quantitative estimate of drug-likeness (QED) is 0.464. The molecule has 0 bridgehead atoms. The van der Waals surface area contributed by atoms with E-state index in [4.69, 9.17) is 13.9 Å². The van der Waals surface area contributed by atoms with Gasteiger partial charge in [0.2, 0.25) is 11.2 Å². The largest absolute Gasteiger partial charge is 0.507 e. The number of phenolic OH excluding ortho intramolecular Hbond substituents is 1. The van der Waals surface area contributed by atoms with Crippen molar-refractivity contribution in [1.29, 1.82) is 0 Å². The summed E-state index contributed by atoms with van der Waals surface area (Å²) >= 11 is 0. The number of rotatable bonds is 6. The molecule has 3 aromatic rings. The van der Waals surface area contributed by atoms with Gasteiger partial charge in [0.05, 0.1) is 17.6 Å². The Bertz CT molecular complexity index is 1240. The molecule has 2 aromatic carbocycles. The van der Waals surface area contributed by atoms with E-state index in [1.807, 2.05) is 6.92 Å². The van der Waals surface area contributed by atoms with Crippen LogP contribution in [0.4, 0.5) is 13.2 Å². The molecule has 1 aliphatic rings. The molecule has 1 fully saturated rings. The lowest BCUT2D eigenvalue weighted by molar-refractivity contribution is -0.154. The van der Waals surface area contributed by atoms with E-state index >= 15 is 0 Å². The fourth-order valence-corrected chi connectivity index (χ4v) is 4.23. The fourth-order valence-electron chi connectivity index (χ4n) is 4.23. The number of benzene rings is 2. The molecule has 2 heterocycles. The van der Waals surface area contributed by atoms with Crippen LogP contribution in [0.1, 0.15) is 44.4 Å². The number of halogens is 3. The third kappa shape index (κ3) is 4.70. The topological polar surface area (TPSA) is 72.1 Å². The summed E-state index contributed by atoms with van der Waals surface area (Å²) in [6.07, 6.45) is -2.05. The SMILES string of the molecule is CCOc1ccccc1Oc1c(C(F)(F)F)oc2c(CN3CCCCC3C)c(O)ccc2c1=O. The highest BCUT2D eigenvalue weighted by molar-refractivity contribution is 5.83. The van der Waals surface area contributed by atoms with E-state index < -0.39 is 23.1 Å². The summed E-state index contributed by atoms with van der Waals surface area (Å²) in [6, 6.07) is 8.88. The Morgan fingerprint density at radius 2 is 1.88 bits per heavy atom. The van der Waals surface area contributed by atoms with Crippen LogP contribution in [0.25, 0.3) is 11.0 Å². The molecule has 0 radical (unpaired) electrons. The maximum Gasteiger partial charge on any atom is 0.453 e. The van der Waals surface area contributed by atoms with Crippen molar-refractivity contribution in [3.63, 3.8) is 0 Å². The number of hydrogen-bond acceptors (Lipinski definition) is 6. The lowest BCUT2D eigenvalue weighted by atomic mass is 10.0. The second kappa shape index (κ2) is 9.58. The summed E-state index contributed by atoms with van der Waals surface area (Å²) in [7, 11) is 0. The van der Waals surface area contributed by atoms with E-state index in [1.54, 1.807) is 19.1 Å². The zero-order valence-electron chi connectivity index (χ0n) is 18.9. The van der Waals surface area contributed by atoms with Crippen LogP contribution in [-0.2, 0) is 12.7 Å². The minimum Gasteiger partial charge on any atom is -0.507 e. The molecular weight excluding hydrogens is 451 g/mol. The van der Waals surface area contributed by atoms with Gasteiger partial charge in [-0.2, -0.15) is 13.2 Å². The first-order chi connectivity index (χ1) is 16.2. The van der Waals surface area contributed by atoms with Gasteiger partial charge in [0, 0.05) is 12.6 Å². The zero-order chi connectivity index (χ0) is 24.5. The molecule has 1 unspecified atom stereocenters. The highest BCUT2D eigenvalue weighted by Gasteiger charge is 2.41. The normalized spacial score (nSPS) is 17.1. The molecular formula is C25H26F3NO5. The number of likely N-dealkylation sites (tertiary alicyclic amines) is 1. The Hall–Kier alpha value is -3.20. The van der Waals surface area contributed by atoms with E-state index in [0.717, 1.165) is 25.8 Å². The minimum absolute atomic E-state index is 0.0392. The maximum atomic E-state index is 14.0. The van der Waals surface area contributed by atoms with Crippen LogP contribution in [0.5, 0.6) is 23.0 Å². The number of alkyl halides is 3. The number of nitrogens with zero attached hydrogens (tertiary/aromatic N) is 1. The lowest BCUT2D eigenvalue weighted by Gasteiger charge is -2.33. The highest BCUT2D eigenvalue weighted by atomic mass is 19.4. The molecule has 0 amide bonds. The van der Waals surface area contributed by atoms with Crippen LogP contribution >= 0.6 is 0 Å². The standard InChI is InChI=1S/C25H26F3NO5/c1-3-32-19-9-4-5-10-20(19)33-23-21(31)16-11-12-18(30)17(14-29-13-7-6-8-15(29)2)22(16)34-24(23)25(26,27)28/h4-5,9-12,15,30H,3,6-8,13-14H2,1-2H3. The molecule has 1 atom stereocenters. The Morgan fingerprint density at radius 3 is 2.56 bits per heavy atom. The van der Waals surface area contributed by atoms with Crippen molar-refractivity contribution in [2.24, 2.45) is 0 Å². The summed E-state index contributed by atoms with van der Waals surface area (Å²) in [4.78, 5) is 15.3. The van der Waals surface area contributed by atoms with Crippen LogP contribution in [-0.4, -0.2) is 29.2 Å². The molecule has 4 rings (SSSR count). The van der Waals surface area contributed by atoms with Crippen LogP contribution in [0.3, 0.4) is 0 Å². The van der Waals surface area contributed by atoms with Crippen molar-refractivity contribution < 1.29 is 32.2 Å². The molecule has 1 aliphatic heterocycles. The van der Waals surface area contributed by atoms with E-state index in [2.05, 4.69) is 4.90 Å². The Morgan fingerprint density at radius 1 is 1.15 bits per heavy atom. The van der Waals surface area contributed by atoms with Crippen molar-refractivity contribution in [2.75, 3.05) is 13.2 Å². The number of hydrogen-bond donors (Lipinski definition) is 1. The van der Waals surface area contributed by atoms with E-state index in [1.165, 1.54) is 24.3 Å². The molecule has 0 spiro atoms. The molecule has 9 heteroatoms. The van der Waals surface area contributed by atoms with Crippen LogP contribution in [0.2, 0.25) is 0 Å². The number of para-hydroxylation sites is 2. The van der Waals surface area contributed by atoms with Gasteiger partial charge in [-0.25, -0.2) is 0 Å². The van der Waals surface area contributed by atoms with Crippen LogP contribution in [0.15, 0.2) is 45.6 Å². The number of phenols is 1. The van der Waals surface area contributed by atoms with E-state index in [9.17, 15) is 23.1 Å². The Balaban J connectivity index is 1.88. The van der Waals surface area contributed by atoms with Crippen molar-refractivity contribution in [3.8, 4) is 23.0 Å². The molecule has 1 saturated heterocycles. The van der Waals surface area contributed by atoms with Gasteiger partial charge in [-0.3, -0.25) is 9.69 Å². The monoisotopic (exact) mass is 477 g/mol. The molecule has 0 saturated carbocycles. The van der Waals surface area contributed by atoms with Gasteiger partial charge in [-0.05, 0) is 57.5 Å². The van der Waals surface area contributed by atoms with Gasteiger partial charge in [0.15, 0.2) is 11.5 Å². The Labute approximate surface area is 194 Å². The zero-order valence-corrected chi connectivity index (χ0v) is 18.9.